The molecule has 8 heteroatoms. The predicted molar refractivity (Wildman–Crippen MR) is 115 cm³/mol. The lowest BCUT2D eigenvalue weighted by molar-refractivity contribution is 0.0921. The third kappa shape index (κ3) is 5.12. The number of carbonyl (C=O) groups excluding carboxylic acids is 1. The highest BCUT2D eigenvalue weighted by Gasteiger charge is 2.30. The Morgan fingerprint density at radius 1 is 1.14 bits per heavy atom. The second-order valence-corrected chi connectivity index (χ2v) is 10.0. The van der Waals surface area contributed by atoms with Crippen molar-refractivity contribution in [3.8, 4) is 5.75 Å². The zero-order chi connectivity index (χ0) is 20.9. The molecule has 156 valence electrons. The van der Waals surface area contributed by atoms with Gasteiger partial charge in [0.2, 0.25) is 10.0 Å². The first kappa shape index (κ1) is 21.7. The van der Waals surface area contributed by atoms with Crippen LogP contribution in [0, 0.1) is 0 Å². The third-order valence-electron chi connectivity index (χ3n) is 4.92. The highest BCUT2D eigenvalue weighted by atomic mass is 32.2. The van der Waals surface area contributed by atoms with Gasteiger partial charge in [-0.1, -0.05) is 19.1 Å². The SMILES string of the molecule is CCSc1ccccc1C(=O)NC1CCN(S(=O)(=O)c2ccc(OC)cc2)CC1. The Hall–Kier alpha value is -2.03. The van der Waals surface area contributed by atoms with E-state index in [4.69, 9.17) is 4.74 Å². The standard InChI is InChI=1S/C21H26N2O4S2/c1-3-28-20-7-5-4-6-19(20)21(24)22-16-12-14-23(15-13-16)29(25,26)18-10-8-17(27-2)9-11-18/h4-11,16H,3,12-15H2,1-2H3,(H,22,24). The maximum atomic E-state index is 12.8. The largest absolute Gasteiger partial charge is 0.497 e. The first-order chi connectivity index (χ1) is 14.0. The Balaban J connectivity index is 1.61. The molecule has 6 nitrogen and oxygen atoms in total. The minimum atomic E-state index is -3.54. The quantitative estimate of drug-likeness (QED) is 0.676. The molecule has 0 unspecified atom stereocenters. The highest BCUT2D eigenvalue weighted by Crippen LogP contribution is 2.25. The fraction of sp³-hybridized carbons (Fsp3) is 0.381. The zero-order valence-electron chi connectivity index (χ0n) is 16.6. The molecule has 0 atom stereocenters. The van der Waals surface area contributed by atoms with Gasteiger partial charge in [-0.3, -0.25) is 4.79 Å². The molecule has 3 rings (SSSR count). The van der Waals surface area contributed by atoms with Gasteiger partial charge in [0.1, 0.15) is 5.75 Å². The molecule has 0 saturated carbocycles. The summed E-state index contributed by atoms with van der Waals surface area (Å²) in [6.45, 7) is 2.81. The first-order valence-corrected chi connectivity index (χ1v) is 12.0. The van der Waals surface area contributed by atoms with Gasteiger partial charge in [-0.15, -0.1) is 11.8 Å². The van der Waals surface area contributed by atoms with Crippen molar-refractivity contribution in [2.24, 2.45) is 0 Å². The Morgan fingerprint density at radius 2 is 1.79 bits per heavy atom. The van der Waals surface area contributed by atoms with Crippen LogP contribution in [0.1, 0.15) is 30.1 Å². The molecule has 0 aliphatic carbocycles. The molecule has 1 aliphatic rings. The summed E-state index contributed by atoms with van der Waals surface area (Å²) in [6.07, 6.45) is 1.18. The van der Waals surface area contributed by atoms with E-state index in [1.54, 1.807) is 43.1 Å². The molecule has 1 aliphatic heterocycles. The third-order valence-corrected chi connectivity index (χ3v) is 7.79. The number of piperidine rings is 1. The summed E-state index contributed by atoms with van der Waals surface area (Å²) in [4.78, 5) is 13.9. The van der Waals surface area contributed by atoms with E-state index in [-0.39, 0.29) is 16.8 Å². The summed E-state index contributed by atoms with van der Waals surface area (Å²) < 4.78 is 32.3. The van der Waals surface area contributed by atoms with Gasteiger partial charge < -0.3 is 10.1 Å². The fourth-order valence-electron chi connectivity index (χ4n) is 3.34. The average molecular weight is 435 g/mol. The number of rotatable bonds is 7. The smallest absolute Gasteiger partial charge is 0.252 e. The summed E-state index contributed by atoms with van der Waals surface area (Å²) in [5.41, 5.74) is 0.674. The number of amides is 1. The molecule has 1 fully saturated rings. The van der Waals surface area contributed by atoms with Crippen LogP contribution in [0.5, 0.6) is 5.75 Å². The summed E-state index contributed by atoms with van der Waals surface area (Å²) in [6, 6.07) is 13.9. The summed E-state index contributed by atoms with van der Waals surface area (Å²) in [7, 11) is -2.00. The highest BCUT2D eigenvalue weighted by molar-refractivity contribution is 7.99. The van der Waals surface area contributed by atoms with E-state index in [1.165, 1.54) is 4.31 Å². The molecule has 1 N–H and O–H groups in total. The molecule has 1 amide bonds. The molecule has 2 aromatic rings. The van der Waals surface area contributed by atoms with Crippen molar-refractivity contribution in [3.05, 3.63) is 54.1 Å². The van der Waals surface area contributed by atoms with Crippen LogP contribution in [0.4, 0.5) is 0 Å². The van der Waals surface area contributed by atoms with Gasteiger partial charge in [-0.05, 0) is 55.0 Å². The van der Waals surface area contributed by atoms with Gasteiger partial charge in [0.05, 0.1) is 17.6 Å². The Morgan fingerprint density at radius 3 is 2.41 bits per heavy atom. The number of thioether (sulfide) groups is 1. The molecule has 0 radical (unpaired) electrons. The lowest BCUT2D eigenvalue weighted by atomic mass is 10.1. The van der Waals surface area contributed by atoms with E-state index >= 15 is 0 Å². The van der Waals surface area contributed by atoms with E-state index in [9.17, 15) is 13.2 Å². The van der Waals surface area contributed by atoms with E-state index in [1.807, 2.05) is 24.3 Å². The Kier molecular flexibility index (Phi) is 7.21. The van der Waals surface area contributed by atoms with Crippen LogP contribution >= 0.6 is 11.8 Å². The number of benzene rings is 2. The summed E-state index contributed by atoms with van der Waals surface area (Å²) in [5.74, 6) is 1.41. The molecule has 0 spiro atoms. The fourth-order valence-corrected chi connectivity index (χ4v) is 5.61. The van der Waals surface area contributed by atoms with Crippen molar-refractivity contribution in [1.82, 2.24) is 9.62 Å². The van der Waals surface area contributed by atoms with Crippen LogP contribution in [0.25, 0.3) is 0 Å². The molecule has 1 saturated heterocycles. The molecule has 0 aromatic heterocycles. The molecule has 29 heavy (non-hydrogen) atoms. The van der Waals surface area contributed by atoms with Crippen molar-refractivity contribution in [2.75, 3.05) is 26.0 Å². The van der Waals surface area contributed by atoms with Crippen molar-refractivity contribution in [3.63, 3.8) is 0 Å². The minimum Gasteiger partial charge on any atom is -0.497 e. The molecular weight excluding hydrogens is 408 g/mol. The number of nitrogens with one attached hydrogen (secondary N) is 1. The number of carbonyl (C=O) groups is 1. The Bertz CT molecular complexity index is 937. The van der Waals surface area contributed by atoms with Crippen molar-refractivity contribution in [1.29, 1.82) is 0 Å². The van der Waals surface area contributed by atoms with Crippen molar-refractivity contribution >= 4 is 27.7 Å². The summed E-state index contributed by atoms with van der Waals surface area (Å²) in [5, 5.41) is 3.07. The van der Waals surface area contributed by atoms with Crippen molar-refractivity contribution < 1.29 is 17.9 Å². The molecule has 0 bridgehead atoms. The second kappa shape index (κ2) is 9.65. The normalized spacial score (nSPS) is 15.8. The van der Waals surface area contributed by atoms with Crippen LogP contribution in [0.3, 0.4) is 0 Å². The van der Waals surface area contributed by atoms with Crippen LogP contribution in [0.15, 0.2) is 58.3 Å². The van der Waals surface area contributed by atoms with Gasteiger partial charge in [0.25, 0.3) is 5.91 Å². The van der Waals surface area contributed by atoms with Gasteiger partial charge in [-0.2, -0.15) is 4.31 Å². The van der Waals surface area contributed by atoms with E-state index in [2.05, 4.69) is 12.2 Å². The van der Waals surface area contributed by atoms with Crippen LogP contribution in [-0.4, -0.2) is 50.6 Å². The number of hydrogen-bond donors (Lipinski definition) is 1. The van der Waals surface area contributed by atoms with Crippen molar-refractivity contribution in [2.45, 2.75) is 35.6 Å². The van der Waals surface area contributed by atoms with Crippen LogP contribution < -0.4 is 10.1 Å². The van der Waals surface area contributed by atoms with Crippen LogP contribution in [0.2, 0.25) is 0 Å². The van der Waals surface area contributed by atoms with Gasteiger partial charge in [0.15, 0.2) is 0 Å². The number of hydrogen-bond acceptors (Lipinski definition) is 5. The Labute approximate surface area is 176 Å². The van der Waals surface area contributed by atoms with E-state index in [0.29, 0.717) is 37.2 Å². The lowest BCUT2D eigenvalue weighted by Gasteiger charge is -2.31. The van der Waals surface area contributed by atoms with Gasteiger partial charge in [0, 0.05) is 24.0 Å². The van der Waals surface area contributed by atoms with E-state index in [0.717, 1.165) is 10.6 Å². The monoisotopic (exact) mass is 434 g/mol. The number of ether oxygens (including phenoxy) is 1. The maximum Gasteiger partial charge on any atom is 0.252 e. The van der Waals surface area contributed by atoms with E-state index < -0.39 is 10.0 Å². The summed E-state index contributed by atoms with van der Waals surface area (Å²) >= 11 is 1.64. The van der Waals surface area contributed by atoms with Gasteiger partial charge in [-0.25, -0.2) is 8.42 Å². The first-order valence-electron chi connectivity index (χ1n) is 9.62. The predicted octanol–water partition coefficient (Wildman–Crippen LogP) is 3.39. The minimum absolute atomic E-state index is 0.0375. The second-order valence-electron chi connectivity index (χ2n) is 6.76. The topological polar surface area (TPSA) is 75.7 Å². The number of methoxy groups -OCH3 is 1. The number of nitrogens with zero attached hydrogens (tertiary/aromatic N) is 1. The van der Waals surface area contributed by atoms with Gasteiger partial charge >= 0.3 is 0 Å². The molecular formula is C21H26N2O4S2. The molecule has 1 heterocycles. The van der Waals surface area contributed by atoms with Crippen LogP contribution in [-0.2, 0) is 10.0 Å². The number of sulfonamides is 1. The maximum absolute atomic E-state index is 12.8. The lowest BCUT2D eigenvalue weighted by Crippen LogP contribution is -2.46. The zero-order valence-corrected chi connectivity index (χ0v) is 18.3. The average Bonchev–Trinajstić information content (AvgIpc) is 2.75. The molecule has 2 aromatic carbocycles.